The van der Waals surface area contributed by atoms with Crippen molar-refractivity contribution in [3.63, 3.8) is 0 Å². The molecule has 2 rings (SSSR count). The minimum absolute atomic E-state index is 0. The average molecular weight is 368 g/mol. The molecule has 1 aliphatic rings. The van der Waals surface area contributed by atoms with E-state index in [2.05, 4.69) is 22.9 Å². The molecule has 1 aliphatic heterocycles. The maximum absolute atomic E-state index is 12.4. The molecule has 0 aromatic heterocycles. The highest BCUT2D eigenvalue weighted by Gasteiger charge is 2.32. The Morgan fingerprint density at radius 3 is 2.79 bits per heavy atom. The van der Waals surface area contributed by atoms with E-state index >= 15 is 0 Å². The first kappa shape index (κ1) is 16.8. The predicted octanol–water partition coefficient (Wildman–Crippen LogP) is 3.33. The van der Waals surface area contributed by atoms with Crippen molar-refractivity contribution in [3.8, 4) is 0 Å². The standard InChI is InChI=1S/C13H16BrClN2O.ClH/c1-8-4-9(6-16)7-17(8)13(18)10-2-3-11(14)12(15)5-10;/h2-3,5,8-9H,4,6-7,16H2,1H3;1H. The molecule has 6 heteroatoms. The second kappa shape index (κ2) is 6.93. The van der Waals surface area contributed by atoms with E-state index in [1.165, 1.54) is 0 Å². The number of benzene rings is 1. The first-order valence-corrected chi connectivity index (χ1v) is 7.16. The molecule has 1 aromatic rings. The zero-order valence-corrected chi connectivity index (χ0v) is 13.8. The van der Waals surface area contributed by atoms with Crippen molar-refractivity contribution in [2.45, 2.75) is 19.4 Å². The second-order valence-corrected chi connectivity index (χ2v) is 6.03. The number of rotatable bonds is 2. The summed E-state index contributed by atoms with van der Waals surface area (Å²) in [5.41, 5.74) is 6.31. The monoisotopic (exact) mass is 366 g/mol. The van der Waals surface area contributed by atoms with Crippen LogP contribution in [-0.4, -0.2) is 29.9 Å². The first-order chi connectivity index (χ1) is 8.52. The quantitative estimate of drug-likeness (QED) is 0.871. The maximum Gasteiger partial charge on any atom is 0.254 e. The Morgan fingerprint density at radius 1 is 1.58 bits per heavy atom. The molecule has 1 heterocycles. The van der Waals surface area contributed by atoms with E-state index < -0.39 is 0 Å². The van der Waals surface area contributed by atoms with Gasteiger partial charge in [0.25, 0.3) is 5.91 Å². The third-order valence-corrected chi connectivity index (χ3v) is 4.65. The number of hydrogen-bond donors (Lipinski definition) is 1. The molecule has 1 saturated heterocycles. The van der Waals surface area contributed by atoms with Crippen molar-refractivity contribution in [2.24, 2.45) is 11.7 Å². The molecule has 1 fully saturated rings. The van der Waals surface area contributed by atoms with Gasteiger partial charge < -0.3 is 10.6 Å². The molecule has 106 valence electrons. The van der Waals surface area contributed by atoms with Crippen molar-refractivity contribution >= 4 is 45.8 Å². The summed E-state index contributed by atoms with van der Waals surface area (Å²) in [7, 11) is 0. The molecule has 0 spiro atoms. The number of nitrogens with two attached hydrogens (primary N) is 1. The number of carbonyl (C=O) groups is 1. The number of halogens is 3. The van der Waals surface area contributed by atoms with Gasteiger partial charge in [0.15, 0.2) is 0 Å². The van der Waals surface area contributed by atoms with Gasteiger partial charge >= 0.3 is 0 Å². The van der Waals surface area contributed by atoms with Gasteiger partial charge in [-0.15, -0.1) is 12.4 Å². The van der Waals surface area contributed by atoms with E-state index in [9.17, 15) is 4.79 Å². The second-order valence-electron chi connectivity index (χ2n) is 4.77. The lowest BCUT2D eigenvalue weighted by Crippen LogP contribution is -2.34. The fourth-order valence-electron chi connectivity index (χ4n) is 2.39. The molecule has 0 aliphatic carbocycles. The van der Waals surface area contributed by atoms with Crippen LogP contribution < -0.4 is 5.73 Å². The summed E-state index contributed by atoms with van der Waals surface area (Å²) in [6.07, 6.45) is 0.979. The number of carbonyl (C=O) groups excluding carboxylic acids is 1. The Hall–Kier alpha value is -0.290. The van der Waals surface area contributed by atoms with Crippen LogP contribution in [0.3, 0.4) is 0 Å². The molecular formula is C13H17BrCl2N2O. The van der Waals surface area contributed by atoms with E-state index in [1.54, 1.807) is 18.2 Å². The smallest absolute Gasteiger partial charge is 0.254 e. The minimum atomic E-state index is 0. The highest BCUT2D eigenvalue weighted by atomic mass is 79.9. The van der Waals surface area contributed by atoms with Crippen LogP contribution in [0.2, 0.25) is 5.02 Å². The SMILES string of the molecule is CC1CC(CN)CN1C(=O)c1ccc(Br)c(Cl)c1.Cl. The van der Waals surface area contributed by atoms with Crippen LogP contribution in [0.25, 0.3) is 0 Å². The van der Waals surface area contributed by atoms with E-state index in [-0.39, 0.29) is 24.4 Å². The summed E-state index contributed by atoms with van der Waals surface area (Å²) in [4.78, 5) is 14.3. The van der Waals surface area contributed by atoms with Gasteiger partial charge in [0.2, 0.25) is 0 Å². The largest absolute Gasteiger partial charge is 0.336 e. The fraction of sp³-hybridized carbons (Fsp3) is 0.462. The molecule has 0 saturated carbocycles. The lowest BCUT2D eigenvalue weighted by atomic mass is 10.1. The summed E-state index contributed by atoms with van der Waals surface area (Å²) in [6, 6.07) is 5.54. The maximum atomic E-state index is 12.4. The predicted molar refractivity (Wildman–Crippen MR) is 84.1 cm³/mol. The summed E-state index contributed by atoms with van der Waals surface area (Å²) >= 11 is 9.34. The number of likely N-dealkylation sites (tertiary alicyclic amines) is 1. The normalized spacial score (nSPS) is 22.2. The van der Waals surface area contributed by atoms with Gasteiger partial charge in [-0.1, -0.05) is 11.6 Å². The molecule has 1 amide bonds. The van der Waals surface area contributed by atoms with Crippen LogP contribution in [0, 0.1) is 5.92 Å². The Morgan fingerprint density at radius 2 is 2.26 bits per heavy atom. The number of hydrogen-bond acceptors (Lipinski definition) is 2. The molecule has 0 bridgehead atoms. The zero-order chi connectivity index (χ0) is 13.3. The molecule has 2 atom stereocenters. The van der Waals surface area contributed by atoms with Crippen LogP contribution in [-0.2, 0) is 0 Å². The van der Waals surface area contributed by atoms with Crippen LogP contribution in [0.5, 0.6) is 0 Å². The number of amides is 1. The zero-order valence-electron chi connectivity index (χ0n) is 10.6. The summed E-state index contributed by atoms with van der Waals surface area (Å²) in [5, 5.41) is 0.558. The van der Waals surface area contributed by atoms with Gasteiger partial charge in [-0.3, -0.25) is 4.79 Å². The minimum Gasteiger partial charge on any atom is -0.336 e. The van der Waals surface area contributed by atoms with Crippen molar-refractivity contribution < 1.29 is 4.79 Å². The Kier molecular flexibility index (Phi) is 6.12. The molecular weight excluding hydrogens is 351 g/mol. The topological polar surface area (TPSA) is 46.3 Å². The van der Waals surface area contributed by atoms with Crippen LogP contribution in [0.15, 0.2) is 22.7 Å². The van der Waals surface area contributed by atoms with Crippen LogP contribution >= 0.6 is 39.9 Å². The molecule has 3 nitrogen and oxygen atoms in total. The van der Waals surface area contributed by atoms with Gasteiger partial charge in [-0.25, -0.2) is 0 Å². The molecule has 2 unspecified atom stereocenters. The fourth-order valence-corrected chi connectivity index (χ4v) is 2.82. The van der Waals surface area contributed by atoms with Crippen LogP contribution in [0.4, 0.5) is 0 Å². The van der Waals surface area contributed by atoms with Crippen molar-refractivity contribution in [2.75, 3.05) is 13.1 Å². The molecule has 19 heavy (non-hydrogen) atoms. The van der Waals surface area contributed by atoms with Gasteiger partial charge in [-0.2, -0.15) is 0 Å². The Balaban J connectivity index is 0.00000180. The molecule has 2 N–H and O–H groups in total. The van der Waals surface area contributed by atoms with Gasteiger partial charge in [0.05, 0.1) is 5.02 Å². The lowest BCUT2D eigenvalue weighted by Gasteiger charge is -2.21. The highest BCUT2D eigenvalue weighted by Crippen LogP contribution is 2.27. The summed E-state index contributed by atoms with van der Waals surface area (Å²) in [5.74, 6) is 0.447. The lowest BCUT2D eigenvalue weighted by molar-refractivity contribution is 0.0743. The molecule has 1 aromatic carbocycles. The third kappa shape index (κ3) is 3.63. The number of nitrogens with zero attached hydrogens (tertiary/aromatic N) is 1. The first-order valence-electron chi connectivity index (χ1n) is 5.99. The average Bonchev–Trinajstić information content (AvgIpc) is 2.73. The molecule has 0 radical (unpaired) electrons. The van der Waals surface area contributed by atoms with E-state index in [1.807, 2.05) is 4.90 Å². The summed E-state index contributed by atoms with van der Waals surface area (Å²) < 4.78 is 0.801. The van der Waals surface area contributed by atoms with Gasteiger partial charge in [0.1, 0.15) is 0 Å². The third-order valence-electron chi connectivity index (χ3n) is 3.42. The van der Waals surface area contributed by atoms with E-state index in [0.29, 0.717) is 23.0 Å². The van der Waals surface area contributed by atoms with Crippen molar-refractivity contribution in [3.05, 3.63) is 33.3 Å². The van der Waals surface area contributed by atoms with Gasteiger partial charge in [0, 0.05) is 22.6 Å². The van der Waals surface area contributed by atoms with E-state index in [4.69, 9.17) is 17.3 Å². The van der Waals surface area contributed by atoms with Gasteiger partial charge in [-0.05, 0) is 59.9 Å². The Labute approximate surface area is 133 Å². The Bertz CT molecular complexity index is 470. The van der Waals surface area contributed by atoms with E-state index in [0.717, 1.165) is 17.4 Å². The van der Waals surface area contributed by atoms with Crippen molar-refractivity contribution in [1.29, 1.82) is 0 Å². The van der Waals surface area contributed by atoms with Crippen molar-refractivity contribution in [1.82, 2.24) is 4.90 Å². The summed E-state index contributed by atoms with van der Waals surface area (Å²) in [6.45, 7) is 3.44. The highest BCUT2D eigenvalue weighted by molar-refractivity contribution is 9.10. The van der Waals surface area contributed by atoms with Crippen LogP contribution in [0.1, 0.15) is 23.7 Å².